The van der Waals surface area contributed by atoms with Gasteiger partial charge in [-0.1, -0.05) is 48.5 Å². The van der Waals surface area contributed by atoms with E-state index in [9.17, 15) is 28.8 Å². The van der Waals surface area contributed by atoms with Gasteiger partial charge in [-0.05, 0) is 76.6 Å². The molecule has 2 atom stereocenters. The maximum Gasteiger partial charge on any atom is 0.407 e. The molecule has 1 aliphatic rings. The number of esters is 2. The molecule has 3 rings (SSSR count). The first-order valence-electron chi connectivity index (χ1n) is 15.8. The van der Waals surface area contributed by atoms with E-state index < -0.39 is 65.6 Å². The monoisotopic (exact) mass is 667 g/mol. The van der Waals surface area contributed by atoms with E-state index in [1.807, 2.05) is 48.5 Å². The molecule has 0 radical (unpaired) electrons. The van der Waals surface area contributed by atoms with E-state index in [0.29, 0.717) is 0 Å². The van der Waals surface area contributed by atoms with Crippen LogP contribution in [0.25, 0.3) is 11.1 Å². The van der Waals surface area contributed by atoms with Crippen molar-refractivity contribution in [2.75, 3.05) is 13.2 Å². The summed E-state index contributed by atoms with van der Waals surface area (Å²) in [5.41, 5.74) is 2.48. The number of fused-ring (bicyclic) bond motifs is 3. The Bertz CT molecular complexity index is 1460. The minimum atomic E-state index is -1.36. The van der Waals surface area contributed by atoms with Crippen molar-refractivity contribution in [1.82, 2.24) is 16.0 Å². The number of carbonyl (C=O) groups is 6. The molecule has 2 aromatic rings. The minimum absolute atomic E-state index is 0.0314. The summed E-state index contributed by atoms with van der Waals surface area (Å²) in [6.07, 6.45) is -1.89. The first kappa shape index (κ1) is 37.5. The lowest BCUT2D eigenvalue weighted by Crippen LogP contribution is -2.54. The highest BCUT2D eigenvalue weighted by Gasteiger charge is 2.32. The molecule has 0 aliphatic heterocycles. The average molecular weight is 668 g/mol. The van der Waals surface area contributed by atoms with Crippen molar-refractivity contribution in [3.63, 3.8) is 0 Å². The largest absolute Gasteiger partial charge is 0.480 e. The van der Waals surface area contributed by atoms with E-state index in [1.165, 1.54) is 0 Å². The Labute approximate surface area is 280 Å². The van der Waals surface area contributed by atoms with Crippen LogP contribution in [0.1, 0.15) is 84.3 Å². The molecular weight excluding hydrogens is 622 g/mol. The number of benzene rings is 2. The summed E-state index contributed by atoms with van der Waals surface area (Å²) in [7, 11) is 0. The number of carboxylic acid groups (broad SMARTS) is 1. The van der Waals surface area contributed by atoms with Gasteiger partial charge in [0.25, 0.3) is 0 Å². The van der Waals surface area contributed by atoms with Crippen LogP contribution in [-0.2, 0) is 38.2 Å². The topological polar surface area (TPSA) is 186 Å². The minimum Gasteiger partial charge on any atom is -0.480 e. The summed E-state index contributed by atoms with van der Waals surface area (Å²) < 4.78 is 16.2. The molecule has 13 nitrogen and oxygen atoms in total. The van der Waals surface area contributed by atoms with Crippen molar-refractivity contribution in [3.05, 3.63) is 59.7 Å². The van der Waals surface area contributed by atoms with E-state index in [-0.39, 0.29) is 38.2 Å². The molecule has 1 aliphatic carbocycles. The van der Waals surface area contributed by atoms with Crippen LogP contribution < -0.4 is 16.0 Å². The summed E-state index contributed by atoms with van der Waals surface area (Å²) in [6.45, 7) is 9.34. The smallest absolute Gasteiger partial charge is 0.407 e. The Morgan fingerprint density at radius 1 is 0.708 bits per heavy atom. The molecule has 0 heterocycles. The van der Waals surface area contributed by atoms with Crippen LogP contribution in [0.2, 0.25) is 0 Å². The van der Waals surface area contributed by atoms with E-state index in [4.69, 9.17) is 19.3 Å². The van der Waals surface area contributed by atoms with Gasteiger partial charge in [-0.15, -0.1) is 0 Å². The van der Waals surface area contributed by atoms with Crippen LogP contribution in [0.3, 0.4) is 0 Å². The van der Waals surface area contributed by atoms with Crippen LogP contribution in [0.4, 0.5) is 4.79 Å². The van der Waals surface area contributed by atoms with E-state index in [1.54, 1.807) is 41.5 Å². The average Bonchev–Trinajstić information content (AvgIpc) is 3.30. The highest BCUT2D eigenvalue weighted by Crippen LogP contribution is 2.44. The Morgan fingerprint density at radius 2 is 1.17 bits per heavy atom. The number of nitrogens with one attached hydrogen (secondary N) is 3. The molecule has 260 valence electrons. The van der Waals surface area contributed by atoms with Crippen molar-refractivity contribution < 1.29 is 48.1 Å². The lowest BCUT2D eigenvalue weighted by molar-refractivity contribution is -0.156. The summed E-state index contributed by atoms with van der Waals surface area (Å²) in [4.78, 5) is 75.5. The van der Waals surface area contributed by atoms with Crippen molar-refractivity contribution in [1.29, 1.82) is 0 Å². The van der Waals surface area contributed by atoms with E-state index in [2.05, 4.69) is 16.0 Å². The number of alkyl carbamates (subject to hydrolysis) is 1. The standard InChI is InChI=1S/C35H45N3O10/c1-34(2,3)47-29(41)17-15-26(31(43)36-19-28(39)40)37-32(44)27(16-18-30(42)48-35(4,5)6)38-33(45)46-20-25-23-13-9-7-11-21(23)22-12-8-10-14-24(22)25/h7-14,25-27H,15-20H2,1-6H3,(H,36,43)(H,37,44)(H,38,45)(H,39,40)/t26-,27-/m0/s1. The number of ether oxygens (including phenoxy) is 3. The summed E-state index contributed by atoms with van der Waals surface area (Å²) in [5.74, 6) is -4.52. The third-order valence-corrected chi connectivity index (χ3v) is 7.11. The Morgan fingerprint density at radius 3 is 1.62 bits per heavy atom. The number of amides is 3. The number of carbonyl (C=O) groups excluding carboxylic acids is 5. The zero-order chi connectivity index (χ0) is 35.6. The molecule has 0 spiro atoms. The quantitative estimate of drug-likeness (QED) is 0.170. The molecule has 0 bridgehead atoms. The normalized spacial score (nSPS) is 13.6. The molecule has 4 N–H and O–H groups in total. The van der Waals surface area contributed by atoms with Gasteiger partial charge in [-0.25, -0.2) is 4.79 Å². The zero-order valence-corrected chi connectivity index (χ0v) is 28.2. The third kappa shape index (κ3) is 11.7. The molecule has 2 aromatic carbocycles. The molecule has 48 heavy (non-hydrogen) atoms. The van der Waals surface area contributed by atoms with Crippen LogP contribution in [-0.4, -0.2) is 77.4 Å². The van der Waals surface area contributed by atoms with Gasteiger partial charge in [0.2, 0.25) is 11.8 Å². The SMILES string of the molecule is CC(C)(C)OC(=O)CC[C@H](NC(=O)OCC1c2ccccc2-c2ccccc21)C(=O)N[C@@H](CCC(=O)OC(C)(C)C)C(=O)NCC(=O)O. The zero-order valence-electron chi connectivity index (χ0n) is 28.2. The van der Waals surface area contributed by atoms with Gasteiger partial charge in [0.05, 0.1) is 0 Å². The molecule has 0 aromatic heterocycles. The van der Waals surface area contributed by atoms with Crippen molar-refractivity contribution in [2.45, 2.75) is 96.4 Å². The molecule has 0 unspecified atom stereocenters. The van der Waals surface area contributed by atoms with Gasteiger partial charge < -0.3 is 35.3 Å². The highest BCUT2D eigenvalue weighted by atomic mass is 16.6. The fraction of sp³-hybridized carbons (Fsp3) is 0.486. The van der Waals surface area contributed by atoms with Crippen molar-refractivity contribution in [3.8, 4) is 11.1 Å². The van der Waals surface area contributed by atoms with E-state index in [0.717, 1.165) is 22.3 Å². The van der Waals surface area contributed by atoms with Gasteiger partial charge in [-0.3, -0.25) is 24.0 Å². The predicted octanol–water partition coefficient (Wildman–Crippen LogP) is 3.82. The Hall–Kier alpha value is -4.94. The second-order valence-corrected chi connectivity index (χ2v) is 13.4. The lowest BCUT2D eigenvalue weighted by atomic mass is 9.98. The summed E-state index contributed by atoms with van der Waals surface area (Å²) in [5, 5.41) is 16.2. The highest BCUT2D eigenvalue weighted by molar-refractivity contribution is 5.93. The maximum atomic E-state index is 13.5. The van der Waals surface area contributed by atoms with Gasteiger partial charge in [-0.2, -0.15) is 0 Å². The second kappa shape index (κ2) is 16.2. The fourth-order valence-electron chi connectivity index (χ4n) is 5.19. The first-order chi connectivity index (χ1) is 22.4. The maximum absolute atomic E-state index is 13.5. The number of hydrogen-bond acceptors (Lipinski definition) is 9. The number of aliphatic carboxylic acids is 1. The molecular formula is C35H45N3O10. The van der Waals surface area contributed by atoms with Crippen LogP contribution in [0.5, 0.6) is 0 Å². The van der Waals surface area contributed by atoms with Crippen LogP contribution >= 0.6 is 0 Å². The fourth-order valence-corrected chi connectivity index (χ4v) is 5.19. The van der Waals surface area contributed by atoms with Gasteiger partial charge >= 0.3 is 24.0 Å². The van der Waals surface area contributed by atoms with Crippen molar-refractivity contribution in [2.24, 2.45) is 0 Å². The van der Waals surface area contributed by atoms with E-state index >= 15 is 0 Å². The lowest BCUT2D eigenvalue weighted by Gasteiger charge is -2.24. The van der Waals surface area contributed by atoms with Gasteiger partial charge in [0.1, 0.15) is 36.4 Å². The predicted molar refractivity (Wildman–Crippen MR) is 175 cm³/mol. The molecule has 0 saturated heterocycles. The van der Waals surface area contributed by atoms with Gasteiger partial charge in [0, 0.05) is 18.8 Å². The summed E-state index contributed by atoms with van der Waals surface area (Å²) in [6, 6.07) is 12.9. The van der Waals surface area contributed by atoms with Crippen molar-refractivity contribution >= 4 is 35.8 Å². The second-order valence-electron chi connectivity index (χ2n) is 13.4. The van der Waals surface area contributed by atoms with Crippen LogP contribution in [0.15, 0.2) is 48.5 Å². The number of rotatable bonds is 14. The third-order valence-electron chi connectivity index (χ3n) is 7.11. The summed E-state index contributed by atoms with van der Waals surface area (Å²) >= 11 is 0. The molecule has 3 amide bonds. The number of carboxylic acids is 1. The molecule has 0 fully saturated rings. The molecule has 13 heteroatoms. The van der Waals surface area contributed by atoms with Gasteiger partial charge in [0.15, 0.2) is 0 Å². The Balaban J connectivity index is 1.75. The number of hydrogen-bond donors (Lipinski definition) is 4. The Kier molecular flexibility index (Phi) is 12.7. The van der Waals surface area contributed by atoms with Crippen LogP contribution in [0, 0.1) is 0 Å². The first-order valence-corrected chi connectivity index (χ1v) is 15.8. The molecule has 0 saturated carbocycles.